The van der Waals surface area contributed by atoms with Crippen molar-refractivity contribution >= 4 is 5.91 Å². The molecule has 3 heteroatoms. The molecule has 1 amide bonds. The molecule has 0 bridgehead atoms. The third-order valence-electron chi connectivity index (χ3n) is 1.11. The molecule has 0 radical (unpaired) electrons. The predicted molar refractivity (Wildman–Crippen MR) is 41.3 cm³/mol. The number of hydrogen-bond acceptors (Lipinski definition) is 2. The third-order valence-corrected chi connectivity index (χ3v) is 1.11. The number of carbonyl (C=O) groups is 1. The first-order valence-electron chi connectivity index (χ1n) is 3.24. The van der Waals surface area contributed by atoms with Crippen LogP contribution in [-0.2, 0) is 4.79 Å². The standard InChI is InChI=1S/C7H14N2O/c1-4-6(7(8)10)5-9(2)3/h5H,4H2,1-3H3,(H2,8,10)/b6-5+. The molecule has 0 saturated carbocycles. The van der Waals surface area contributed by atoms with Crippen LogP contribution in [0.25, 0.3) is 0 Å². The molecular weight excluding hydrogens is 128 g/mol. The van der Waals surface area contributed by atoms with Crippen LogP contribution in [0.1, 0.15) is 13.3 Å². The summed E-state index contributed by atoms with van der Waals surface area (Å²) in [5.41, 5.74) is 5.72. The molecule has 0 fully saturated rings. The van der Waals surface area contributed by atoms with Gasteiger partial charge in [-0.15, -0.1) is 0 Å². The summed E-state index contributed by atoms with van der Waals surface area (Å²) in [6.45, 7) is 1.90. The zero-order valence-corrected chi connectivity index (χ0v) is 6.72. The van der Waals surface area contributed by atoms with Crippen LogP contribution in [0.15, 0.2) is 11.8 Å². The Bertz CT molecular complexity index is 150. The van der Waals surface area contributed by atoms with Gasteiger partial charge in [0.2, 0.25) is 5.91 Å². The summed E-state index contributed by atoms with van der Waals surface area (Å²) in [4.78, 5) is 12.4. The van der Waals surface area contributed by atoms with Crippen molar-refractivity contribution < 1.29 is 4.79 Å². The van der Waals surface area contributed by atoms with Crippen LogP contribution >= 0.6 is 0 Å². The normalized spacial score (nSPS) is 11.3. The topological polar surface area (TPSA) is 46.3 Å². The molecule has 0 aromatic heterocycles. The van der Waals surface area contributed by atoms with Crippen LogP contribution in [-0.4, -0.2) is 24.9 Å². The molecule has 0 rings (SSSR count). The van der Waals surface area contributed by atoms with Crippen molar-refractivity contribution in [2.45, 2.75) is 13.3 Å². The summed E-state index contributed by atoms with van der Waals surface area (Å²) in [6.07, 6.45) is 2.43. The summed E-state index contributed by atoms with van der Waals surface area (Å²) < 4.78 is 0. The largest absolute Gasteiger partial charge is 0.383 e. The Morgan fingerprint density at radius 3 is 2.20 bits per heavy atom. The highest BCUT2D eigenvalue weighted by atomic mass is 16.1. The molecule has 0 aromatic carbocycles. The van der Waals surface area contributed by atoms with Gasteiger partial charge in [-0.2, -0.15) is 0 Å². The van der Waals surface area contributed by atoms with Gasteiger partial charge in [-0.3, -0.25) is 4.79 Å². The lowest BCUT2D eigenvalue weighted by Gasteiger charge is -2.06. The van der Waals surface area contributed by atoms with E-state index in [-0.39, 0.29) is 5.91 Å². The quantitative estimate of drug-likeness (QED) is 0.577. The molecule has 0 unspecified atom stereocenters. The average Bonchev–Trinajstić information content (AvgIpc) is 1.81. The number of amides is 1. The van der Waals surface area contributed by atoms with E-state index in [0.29, 0.717) is 12.0 Å². The Morgan fingerprint density at radius 2 is 2.10 bits per heavy atom. The first-order chi connectivity index (χ1) is 4.57. The van der Waals surface area contributed by atoms with E-state index in [1.54, 1.807) is 6.20 Å². The van der Waals surface area contributed by atoms with Crippen LogP contribution < -0.4 is 5.73 Å². The number of nitrogens with zero attached hydrogens (tertiary/aromatic N) is 1. The van der Waals surface area contributed by atoms with Gasteiger partial charge in [0.1, 0.15) is 0 Å². The smallest absolute Gasteiger partial charge is 0.246 e. The summed E-state index contributed by atoms with van der Waals surface area (Å²) >= 11 is 0. The van der Waals surface area contributed by atoms with Gasteiger partial charge in [0.05, 0.1) is 0 Å². The van der Waals surface area contributed by atoms with Crippen molar-refractivity contribution in [3.8, 4) is 0 Å². The fraction of sp³-hybridized carbons (Fsp3) is 0.571. The van der Waals surface area contributed by atoms with Crippen molar-refractivity contribution in [3.05, 3.63) is 11.8 Å². The molecule has 2 N–H and O–H groups in total. The van der Waals surface area contributed by atoms with Crippen LogP contribution in [0.3, 0.4) is 0 Å². The molecule has 0 aliphatic heterocycles. The van der Waals surface area contributed by atoms with Crippen molar-refractivity contribution in [2.24, 2.45) is 5.73 Å². The number of hydrogen-bond donors (Lipinski definition) is 1. The van der Waals surface area contributed by atoms with Gasteiger partial charge in [-0.25, -0.2) is 0 Å². The average molecular weight is 142 g/mol. The van der Waals surface area contributed by atoms with E-state index in [1.165, 1.54) is 0 Å². The first-order valence-corrected chi connectivity index (χ1v) is 3.24. The second kappa shape index (κ2) is 3.93. The molecular formula is C7H14N2O. The number of primary amides is 1. The minimum Gasteiger partial charge on any atom is -0.383 e. The van der Waals surface area contributed by atoms with Gasteiger partial charge in [0.15, 0.2) is 0 Å². The van der Waals surface area contributed by atoms with Crippen LogP contribution in [0, 0.1) is 0 Å². The first kappa shape index (κ1) is 9.01. The van der Waals surface area contributed by atoms with Crippen molar-refractivity contribution in [2.75, 3.05) is 14.1 Å². The van der Waals surface area contributed by atoms with Gasteiger partial charge < -0.3 is 10.6 Å². The molecule has 0 aliphatic rings. The number of rotatable bonds is 3. The van der Waals surface area contributed by atoms with E-state index < -0.39 is 0 Å². The van der Waals surface area contributed by atoms with Gasteiger partial charge >= 0.3 is 0 Å². The molecule has 0 aromatic rings. The Labute approximate surface area is 61.5 Å². The lowest BCUT2D eigenvalue weighted by Crippen LogP contribution is -2.16. The predicted octanol–water partition coefficient (Wildman–Crippen LogP) is 0.327. The fourth-order valence-corrected chi connectivity index (χ4v) is 0.641. The van der Waals surface area contributed by atoms with E-state index in [0.717, 1.165) is 0 Å². The zero-order chi connectivity index (χ0) is 8.15. The van der Waals surface area contributed by atoms with Gasteiger partial charge in [0, 0.05) is 25.9 Å². The lowest BCUT2D eigenvalue weighted by atomic mass is 10.2. The van der Waals surface area contributed by atoms with Crippen LogP contribution in [0.5, 0.6) is 0 Å². The van der Waals surface area contributed by atoms with E-state index in [2.05, 4.69) is 0 Å². The van der Waals surface area contributed by atoms with Crippen molar-refractivity contribution in [1.29, 1.82) is 0 Å². The third kappa shape index (κ3) is 3.12. The summed E-state index contributed by atoms with van der Waals surface area (Å²) in [5, 5.41) is 0. The Morgan fingerprint density at radius 1 is 1.60 bits per heavy atom. The van der Waals surface area contributed by atoms with Crippen molar-refractivity contribution in [3.63, 3.8) is 0 Å². The molecule has 0 heterocycles. The fourth-order valence-electron chi connectivity index (χ4n) is 0.641. The highest BCUT2D eigenvalue weighted by molar-refractivity contribution is 5.91. The molecule has 10 heavy (non-hydrogen) atoms. The minimum absolute atomic E-state index is 0.337. The second-order valence-electron chi connectivity index (χ2n) is 2.34. The highest BCUT2D eigenvalue weighted by Crippen LogP contribution is 1.98. The summed E-state index contributed by atoms with van der Waals surface area (Å²) in [7, 11) is 3.72. The summed E-state index contributed by atoms with van der Waals surface area (Å²) in [6, 6.07) is 0. The minimum atomic E-state index is -0.337. The van der Waals surface area contributed by atoms with E-state index >= 15 is 0 Å². The van der Waals surface area contributed by atoms with E-state index in [1.807, 2.05) is 25.9 Å². The SMILES string of the molecule is CC/C(=C\N(C)C)C(N)=O. The highest BCUT2D eigenvalue weighted by Gasteiger charge is 2.00. The summed E-state index contributed by atoms with van der Waals surface area (Å²) in [5.74, 6) is -0.337. The molecule has 58 valence electrons. The number of nitrogens with two attached hydrogens (primary N) is 1. The Kier molecular flexibility index (Phi) is 3.54. The molecule has 3 nitrogen and oxygen atoms in total. The van der Waals surface area contributed by atoms with Gasteiger partial charge in [-0.05, 0) is 6.42 Å². The van der Waals surface area contributed by atoms with Crippen molar-refractivity contribution in [1.82, 2.24) is 4.90 Å². The maximum Gasteiger partial charge on any atom is 0.246 e. The monoisotopic (exact) mass is 142 g/mol. The van der Waals surface area contributed by atoms with Gasteiger partial charge in [0.25, 0.3) is 0 Å². The zero-order valence-electron chi connectivity index (χ0n) is 6.72. The second-order valence-corrected chi connectivity index (χ2v) is 2.34. The Hall–Kier alpha value is -0.990. The molecule has 0 spiro atoms. The van der Waals surface area contributed by atoms with E-state index in [4.69, 9.17) is 5.73 Å². The van der Waals surface area contributed by atoms with Crippen LogP contribution in [0.2, 0.25) is 0 Å². The van der Waals surface area contributed by atoms with E-state index in [9.17, 15) is 4.79 Å². The maximum absolute atomic E-state index is 10.6. The number of carbonyl (C=O) groups excluding carboxylic acids is 1. The maximum atomic E-state index is 10.6. The Balaban J connectivity index is 4.19. The molecule has 0 saturated heterocycles. The molecule has 0 aliphatic carbocycles. The van der Waals surface area contributed by atoms with Crippen LogP contribution in [0.4, 0.5) is 0 Å². The van der Waals surface area contributed by atoms with Gasteiger partial charge in [-0.1, -0.05) is 6.92 Å². The molecule has 0 atom stereocenters. The lowest BCUT2D eigenvalue weighted by molar-refractivity contribution is -0.114.